The molecule has 0 atom stereocenters. The number of fused-ring (bicyclic) bond motifs is 1. The summed E-state index contributed by atoms with van der Waals surface area (Å²) in [4.78, 5) is 7.86. The van der Waals surface area contributed by atoms with Crippen LogP contribution >= 0.6 is 11.6 Å². The van der Waals surface area contributed by atoms with Gasteiger partial charge in [0.15, 0.2) is 5.65 Å². The van der Waals surface area contributed by atoms with E-state index in [1.165, 1.54) is 41.3 Å². The van der Waals surface area contributed by atoms with Gasteiger partial charge in [0.25, 0.3) is 0 Å². The molecule has 0 N–H and O–H groups in total. The molecule has 0 aliphatic rings. The molecule has 0 fully saturated rings. The fourth-order valence-electron chi connectivity index (χ4n) is 1.77. The van der Waals surface area contributed by atoms with Crippen LogP contribution in [0.5, 0.6) is 5.75 Å². The summed E-state index contributed by atoms with van der Waals surface area (Å²) < 4.78 is 41.5. The minimum Gasteiger partial charge on any atom is -0.406 e. The fraction of sp³-hybridized carbons (Fsp3) is 0.0833. The second-order valence-electron chi connectivity index (χ2n) is 4.02. The molecule has 0 saturated carbocycles. The van der Waals surface area contributed by atoms with Crippen molar-refractivity contribution in [2.75, 3.05) is 0 Å². The molecule has 3 rings (SSSR count). The number of alkyl halides is 3. The minimum absolute atomic E-state index is 0.0567. The van der Waals surface area contributed by atoms with Crippen molar-refractivity contribution in [1.29, 1.82) is 0 Å². The lowest BCUT2D eigenvalue weighted by Crippen LogP contribution is -2.17. The lowest BCUT2D eigenvalue weighted by molar-refractivity contribution is -0.274. The molecule has 0 amide bonds. The molecule has 1 aromatic carbocycles. The van der Waals surface area contributed by atoms with Crippen LogP contribution in [0.2, 0.25) is 5.28 Å². The van der Waals surface area contributed by atoms with Crippen molar-refractivity contribution < 1.29 is 17.9 Å². The standard InChI is InChI=1S/C12H6ClF3N4O/c13-11-17-5-7-6-18-20(10(7)19-11)8-1-3-9(4-2-8)21-12(14,15)16/h1-6H. The Morgan fingerprint density at radius 2 is 1.81 bits per heavy atom. The summed E-state index contributed by atoms with van der Waals surface area (Å²) in [6, 6.07) is 5.26. The molecule has 2 aromatic heterocycles. The molecular formula is C12H6ClF3N4O. The van der Waals surface area contributed by atoms with Crippen LogP contribution in [0.1, 0.15) is 0 Å². The van der Waals surface area contributed by atoms with E-state index < -0.39 is 6.36 Å². The van der Waals surface area contributed by atoms with E-state index in [1.807, 2.05) is 0 Å². The van der Waals surface area contributed by atoms with Gasteiger partial charge in [0.05, 0.1) is 17.3 Å². The summed E-state index contributed by atoms with van der Waals surface area (Å²) >= 11 is 5.72. The molecule has 2 heterocycles. The molecule has 0 spiro atoms. The third kappa shape index (κ3) is 2.89. The minimum atomic E-state index is -4.72. The monoisotopic (exact) mass is 314 g/mol. The van der Waals surface area contributed by atoms with E-state index >= 15 is 0 Å². The molecule has 5 nitrogen and oxygen atoms in total. The molecule has 21 heavy (non-hydrogen) atoms. The topological polar surface area (TPSA) is 52.8 Å². The number of halogens is 4. The van der Waals surface area contributed by atoms with Crippen molar-refractivity contribution in [3.63, 3.8) is 0 Å². The van der Waals surface area contributed by atoms with Gasteiger partial charge in [-0.15, -0.1) is 13.2 Å². The lowest BCUT2D eigenvalue weighted by atomic mass is 10.3. The maximum Gasteiger partial charge on any atom is 0.573 e. The van der Waals surface area contributed by atoms with E-state index in [9.17, 15) is 13.2 Å². The van der Waals surface area contributed by atoms with Crippen LogP contribution in [-0.4, -0.2) is 26.1 Å². The van der Waals surface area contributed by atoms with Gasteiger partial charge < -0.3 is 4.74 Å². The quantitative estimate of drug-likeness (QED) is 0.681. The number of ether oxygens (including phenoxy) is 1. The maximum atomic E-state index is 12.1. The van der Waals surface area contributed by atoms with Gasteiger partial charge in [-0.1, -0.05) is 0 Å². The third-order valence-electron chi connectivity index (χ3n) is 2.59. The highest BCUT2D eigenvalue weighted by atomic mass is 35.5. The highest BCUT2D eigenvalue weighted by Gasteiger charge is 2.31. The Hall–Kier alpha value is -2.35. The van der Waals surface area contributed by atoms with Gasteiger partial charge in [0.2, 0.25) is 5.28 Å². The first-order valence-electron chi connectivity index (χ1n) is 5.65. The maximum absolute atomic E-state index is 12.1. The van der Waals surface area contributed by atoms with Crippen molar-refractivity contribution in [3.8, 4) is 11.4 Å². The molecule has 0 unspecified atom stereocenters. The van der Waals surface area contributed by atoms with Gasteiger partial charge in [-0.2, -0.15) is 10.1 Å². The summed E-state index contributed by atoms with van der Waals surface area (Å²) in [6.45, 7) is 0. The highest BCUT2D eigenvalue weighted by molar-refractivity contribution is 6.28. The molecule has 3 aromatic rings. The smallest absolute Gasteiger partial charge is 0.406 e. The first-order valence-corrected chi connectivity index (χ1v) is 6.03. The number of hydrogen-bond donors (Lipinski definition) is 0. The average molecular weight is 315 g/mol. The highest BCUT2D eigenvalue weighted by Crippen LogP contribution is 2.24. The Morgan fingerprint density at radius 3 is 2.48 bits per heavy atom. The van der Waals surface area contributed by atoms with E-state index in [4.69, 9.17) is 11.6 Å². The summed E-state index contributed by atoms with van der Waals surface area (Å²) in [5, 5.41) is 4.82. The van der Waals surface area contributed by atoms with Crippen LogP contribution in [0.4, 0.5) is 13.2 Å². The molecule has 0 saturated heterocycles. The number of aromatic nitrogens is 4. The number of nitrogens with zero attached hydrogens (tertiary/aromatic N) is 4. The fourth-order valence-corrected chi connectivity index (χ4v) is 1.90. The van der Waals surface area contributed by atoms with Crippen LogP contribution in [0.3, 0.4) is 0 Å². The Bertz CT molecular complexity index is 785. The zero-order valence-electron chi connectivity index (χ0n) is 10.2. The summed E-state index contributed by atoms with van der Waals surface area (Å²) in [6.07, 6.45) is -1.68. The van der Waals surface area contributed by atoms with E-state index in [0.717, 1.165) is 0 Å². The van der Waals surface area contributed by atoms with Crippen LogP contribution in [0.25, 0.3) is 16.7 Å². The largest absolute Gasteiger partial charge is 0.573 e. The SMILES string of the molecule is FC(F)(F)Oc1ccc(-n2ncc3cnc(Cl)nc32)cc1. The molecule has 108 valence electrons. The zero-order valence-corrected chi connectivity index (χ0v) is 10.9. The first kappa shape index (κ1) is 13.6. The van der Waals surface area contributed by atoms with E-state index in [0.29, 0.717) is 16.7 Å². The van der Waals surface area contributed by atoms with Crippen LogP contribution in [0, 0.1) is 0 Å². The van der Waals surface area contributed by atoms with Crippen molar-refractivity contribution in [3.05, 3.63) is 41.9 Å². The van der Waals surface area contributed by atoms with Crippen molar-refractivity contribution >= 4 is 22.6 Å². The first-order chi connectivity index (χ1) is 9.92. The number of benzene rings is 1. The molecule has 0 aliphatic heterocycles. The average Bonchev–Trinajstić information content (AvgIpc) is 2.81. The van der Waals surface area contributed by atoms with Crippen LogP contribution < -0.4 is 4.74 Å². The normalized spacial score (nSPS) is 11.8. The molecule has 0 radical (unpaired) electrons. The van der Waals surface area contributed by atoms with E-state index in [2.05, 4.69) is 19.8 Å². The number of rotatable bonds is 2. The summed E-state index contributed by atoms with van der Waals surface area (Å²) in [5.41, 5.74) is 0.980. The van der Waals surface area contributed by atoms with Crippen molar-refractivity contribution in [1.82, 2.24) is 19.7 Å². The lowest BCUT2D eigenvalue weighted by Gasteiger charge is -2.09. The summed E-state index contributed by atoms with van der Waals surface area (Å²) in [5.74, 6) is -0.310. The molecular weight excluding hydrogens is 309 g/mol. The van der Waals surface area contributed by atoms with Gasteiger partial charge in [0.1, 0.15) is 5.75 Å². The summed E-state index contributed by atoms with van der Waals surface area (Å²) in [7, 11) is 0. The van der Waals surface area contributed by atoms with Crippen LogP contribution in [0.15, 0.2) is 36.7 Å². The van der Waals surface area contributed by atoms with Gasteiger partial charge >= 0.3 is 6.36 Å². The van der Waals surface area contributed by atoms with Crippen molar-refractivity contribution in [2.45, 2.75) is 6.36 Å². The van der Waals surface area contributed by atoms with E-state index in [-0.39, 0.29) is 11.0 Å². The third-order valence-corrected chi connectivity index (χ3v) is 2.78. The van der Waals surface area contributed by atoms with Crippen molar-refractivity contribution in [2.24, 2.45) is 0 Å². The van der Waals surface area contributed by atoms with Gasteiger partial charge in [-0.05, 0) is 35.9 Å². The van der Waals surface area contributed by atoms with Gasteiger partial charge in [-0.25, -0.2) is 9.67 Å². The number of hydrogen-bond acceptors (Lipinski definition) is 4. The molecule has 9 heteroatoms. The Labute approximate surface area is 120 Å². The van der Waals surface area contributed by atoms with E-state index in [1.54, 1.807) is 0 Å². The second kappa shape index (κ2) is 4.88. The second-order valence-corrected chi connectivity index (χ2v) is 4.35. The Balaban J connectivity index is 1.97. The van der Waals surface area contributed by atoms with Gasteiger partial charge in [-0.3, -0.25) is 0 Å². The van der Waals surface area contributed by atoms with Crippen LogP contribution in [-0.2, 0) is 0 Å². The molecule has 0 aliphatic carbocycles. The van der Waals surface area contributed by atoms with Gasteiger partial charge in [0, 0.05) is 6.20 Å². The Kier molecular flexibility index (Phi) is 3.17. The molecule has 0 bridgehead atoms. The predicted octanol–water partition coefficient (Wildman–Crippen LogP) is 3.37. The Morgan fingerprint density at radius 1 is 1.10 bits per heavy atom. The predicted molar refractivity (Wildman–Crippen MR) is 68.4 cm³/mol. The zero-order chi connectivity index (χ0) is 15.0.